The highest BCUT2D eigenvalue weighted by atomic mass is 19.1. The monoisotopic (exact) mass is 450 g/mol. The molecule has 9 heteroatoms. The summed E-state index contributed by atoms with van der Waals surface area (Å²) in [5, 5.41) is 7.95. The predicted octanol–water partition coefficient (Wildman–Crippen LogP) is 4.13. The van der Waals surface area contributed by atoms with Crippen LogP contribution in [0.5, 0.6) is 17.2 Å². The van der Waals surface area contributed by atoms with Gasteiger partial charge >= 0.3 is 0 Å². The molecule has 0 spiro atoms. The minimum atomic E-state index is -0.700. The van der Waals surface area contributed by atoms with Gasteiger partial charge in [0, 0.05) is 28.8 Å². The van der Waals surface area contributed by atoms with Crippen molar-refractivity contribution in [3.8, 4) is 28.6 Å². The molecule has 0 saturated heterocycles. The molecule has 1 aliphatic carbocycles. The lowest BCUT2D eigenvalue weighted by atomic mass is 9.85. The summed E-state index contributed by atoms with van der Waals surface area (Å²) in [5.41, 5.74) is 2.32. The molecule has 0 bridgehead atoms. The first-order valence-corrected chi connectivity index (χ1v) is 10.6. The topological polar surface area (TPSA) is 87.5 Å². The molecule has 1 aromatic heterocycles. The highest BCUT2D eigenvalue weighted by molar-refractivity contribution is 5.99. The van der Waals surface area contributed by atoms with Gasteiger partial charge in [0.15, 0.2) is 23.1 Å². The summed E-state index contributed by atoms with van der Waals surface area (Å²) in [6.45, 7) is 0. The number of nitrogens with one attached hydrogen (secondary N) is 1. The Bertz CT molecular complexity index is 1260. The number of carbonyl (C=O) groups excluding carboxylic acids is 1. The summed E-state index contributed by atoms with van der Waals surface area (Å²) in [4.78, 5) is 17.6. The summed E-state index contributed by atoms with van der Waals surface area (Å²) in [7, 11) is 4.60. The Kier molecular flexibility index (Phi) is 5.24. The lowest BCUT2D eigenvalue weighted by molar-refractivity contribution is -0.116. The van der Waals surface area contributed by atoms with E-state index in [9.17, 15) is 9.18 Å². The predicted molar refractivity (Wildman–Crippen MR) is 119 cm³/mol. The van der Waals surface area contributed by atoms with Crippen molar-refractivity contribution in [3.63, 3.8) is 0 Å². The Morgan fingerprint density at radius 1 is 1.06 bits per heavy atom. The third-order valence-electron chi connectivity index (χ3n) is 5.99. The number of hydrogen-bond acceptors (Lipinski definition) is 7. The Hall–Kier alpha value is -3.88. The van der Waals surface area contributed by atoms with E-state index in [0.717, 1.165) is 12.1 Å². The Labute approximate surface area is 190 Å². The Morgan fingerprint density at radius 3 is 2.45 bits per heavy atom. The van der Waals surface area contributed by atoms with E-state index in [0.29, 0.717) is 58.6 Å². The van der Waals surface area contributed by atoms with Gasteiger partial charge in [-0.15, -0.1) is 5.10 Å². The van der Waals surface area contributed by atoms with Crippen LogP contribution in [0.3, 0.4) is 0 Å². The minimum Gasteiger partial charge on any atom is -0.493 e. The molecule has 2 aliphatic rings. The van der Waals surface area contributed by atoms with E-state index in [1.165, 1.54) is 27.4 Å². The van der Waals surface area contributed by atoms with Crippen LogP contribution >= 0.6 is 0 Å². The standard InChI is InChI=1S/C24H23FN4O4/c1-31-18-11-13(12-19(32-2)22(18)33-3)23-27-24-26-16-9-6-10-17(30)20(16)21(29(24)28-23)14-7-4-5-8-15(14)25/h4-5,7-8,11-12,21H,6,9-10H2,1-3H3,(H,26,27,28). The van der Waals surface area contributed by atoms with Crippen molar-refractivity contribution in [3.05, 3.63) is 59.0 Å². The summed E-state index contributed by atoms with van der Waals surface area (Å²) in [5.74, 6) is 1.80. The summed E-state index contributed by atoms with van der Waals surface area (Å²) >= 11 is 0. The number of benzene rings is 2. The molecule has 0 fully saturated rings. The van der Waals surface area contributed by atoms with Gasteiger partial charge in [0.1, 0.15) is 11.9 Å². The Balaban J connectivity index is 1.68. The average molecular weight is 450 g/mol. The van der Waals surface area contributed by atoms with Crippen molar-refractivity contribution in [2.75, 3.05) is 26.6 Å². The van der Waals surface area contributed by atoms with Crippen molar-refractivity contribution < 1.29 is 23.4 Å². The maximum atomic E-state index is 14.9. The van der Waals surface area contributed by atoms with Gasteiger partial charge in [0.05, 0.1) is 21.3 Å². The molecule has 2 heterocycles. The fourth-order valence-corrected chi connectivity index (χ4v) is 4.47. The first-order valence-electron chi connectivity index (χ1n) is 10.6. The second kappa shape index (κ2) is 8.23. The molecule has 1 atom stereocenters. The van der Waals surface area contributed by atoms with E-state index >= 15 is 0 Å². The van der Waals surface area contributed by atoms with Crippen molar-refractivity contribution in [1.82, 2.24) is 14.8 Å². The molecule has 0 radical (unpaired) electrons. The number of Topliss-reactive ketones (excluding diaryl/α,β-unsaturated/α-hetero) is 1. The van der Waals surface area contributed by atoms with Gasteiger partial charge in [-0.1, -0.05) is 18.2 Å². The van der Waals surface area contributed by atoms with Gasteiger partial charge < -0.3 is 19.5 Å². The lowest BCUT2D eigenvalue weighted by Crippen LogP contribution is -2.32. The van der Waals surface area contributed by atoms with E-state index in [1.807, 2.05) is 0 Å². The average Bonchev–Trinajstić information content (AvgIpc) is 3.26. The van der Waals surface area contributed by atoms with E-state index in [4.69, 9.17) is 14.2 Å². The molecule has 8 nitrogen and oxygen atoms in total. The second-order valence-corrected chi connectivity index (χ2v) is 7.84. The van der Waals surface area contributed by atoms with Gasteiger partial charge in [-0.3, -0.25) is 4.79 Å². The van der Waals surface area contributed by atoms with E-state index in [2.05, 4.69) is 15.4 Å². The normalized spacial score (nSPS) is 17.2. The summed E-state index contributed by atoms with van der Waals surface area (Å²) in [6, 6.07) is 9.25. The van der Waals surface area contributed by atoms with Gasteiger partial charge in [0.2, 0.25) is 11.7 Å². The number of carbonyl (C=O) groups is 1. The number of hydrogen-bond donors (Lipinski definition) is 1. The zero-order chi connectivity index (χ0) is 23.1. The van der Waals surface area contributed by atoms with Crippen LogP contribution < -0.4 is 19.5 Å². The fraction of sp³-hybridized carbons (Fsp3) is 0.292. The van der Waals surface area contributed by atoms with Gasteiger partial charge in [0.25, 0.3) is 0 Å². The first kappa shape index (κ1) is 21.0. The number of allylic oxidation sites excluding steroid dienone is 2. The number of ether oxygens (including phenoxy) is 3. The van der Waals surface area contributed by atoms with Crippen LogP contribution in [0.15, 0.2) is 47.7 Å². The maximum absolute atomic E-state index is 14.9. The van der Waals surface area contributed by atoms with Gasteiger partial charge in [-0.05, 0) is 31.0 Å². The third-order valence-corrected chi connectivity index (χ3v) is 5.99. The third kappa shape index (κ3) is 3.40. The largest absolute Gasteiger partial charge is 0.493 e. The molecule has 170 valence electrons. The minimum absolute atomic E-state index is 0.00695. The maximum Gasteiger partial charge on any atom is 0.226 e. The lowest BCUT2D eigenvalue weighted by Gasteiger charge is -2.32. The van der Waals surface area contributed by atoms with Crippen LogP contribution in [-0.4, -0.2) is 41.9 Å². The number of halogens is 1. The Morgan fingerprint density at radius 2 is 1.79 bits per heavy atom. The van der Waals surface area contributed by atoms with Crippen LogP contribution in [0.2, 0.25) is 0 Å². The first-order chi connectivity index (χ1) is 16.0. The smallest absolute Gasteiger partial charge is 0.226 e. The van der Waals surface area contributed by atoms with Crippen molar-refractivity contribution in [2.24, 2.45) is 0 Å². The molecule has 1 N–H and O–H groups in total. The summed E-state index contributed by atoms with van der Waals surface area (Å²) in [6.07, 6.45) is 1.86. The molecular weight excluding hydrogens is 427 g/mol. The molecule has 0 saturated carbocycles. The molecule has 5 rings (SSSR count). The van der Waals surface area contributed by atoms with Crippen LogP contribution in [0, 0.1) is 5.82 Å². The fourth-order valence-electron chi connectivity index (χ4n) is 4.47. The molecule has 3 aromatic rings. The zero-order valence-electron chi connectivity index (χ0n) is 18.5. The number of methoxy groups -OCH3 is 3. The molecule has 1 aliphatic heterocycles. The van der Waals surface area contributed by atoms with Crippen LogP contribution in [0.4, 0.5) is 10.3 Å². The van der Waals surface area contributed by atoms with Gasteiger partial charge in [-0.25, -0.2) is 9.07 Å². The van der Waals surface area contributed by atoms with Crippen LogP contribution in [0.25, 0.3) is 11.4 Å². The number of fused-ring (bicyclic) bond motifs is 1. The van der Waals surface area contributed by atoms with Crippen molar-refractivity contribution in [1.29, 1.82) is 0 Å². The van der Waals surface area contributed by atoms with Crippen LogP contribution in [-0.2, 0) is 4.79 Å². The van der Waals surface area contributed by atoms with Crippen molar-refractivity contribution >= 4 is 11.7 Å². The highest BCUT2D eigenvalue weighted by Crippen LogP contribution is 2.43. The molecule has 2 aromatic carbocycles. The van der Waals surface area contributed by atoms with Crippen LogP contribution in [0.1, 0.15) is 30.9 Å². The highest BCUT2D eigenvalue weighted by Gasteiger charge is 2.38. The molecular formula is C24H23FN4O4. The number of nitrogens with zero attached hydrogens (tertiary/aromatic N) is 3. The van der Waals surface area contributed by atoms with E-state index in [-0.39, 0.29) is 5.78 Å². The number of rotatable bonds is 5. The molecule has 0 amide bonds. The molecule has 1 unspecified atom stereocenters. The zero-order valence-corrected chi connectivity index (χ0v) is 18.5. The van der Waals surface area contributed by atoms with E-state index in [1.54, 1.807) is 35.0 Å². The SMILES string of the molecule is COc1cc(-c2nc3n(n2)C(c2ccccc2F)C2=C(CCCC2=O)N3)cc(OC)c1OC. The van der Waals surface area contributed by atoms with Gasteiger partial charge in [-0.2, -0.15) is 4.98 Å². The number of ketones is 1. The number of aromatic nitrogens is 3. The quantitative estimate of drug-likeness (QED) is 0.625. The van der Waals surface area contributed by atoms with E-state index < -0.39 is 11.9 Å². The summed E-state index contributed by atoms with van der Waals surface area (Å²) < 4.78 is 32.8. The molecule has 33 heavy (non-hydrogen) atoms. The van der Waals surface area contributed by atoms with Crippen molar-refractivity contribution in [2.45, 2.75) is 25.3 Å². The second-order valence-electron chi connectivity index (χ2n) is 7.84. The number of anilines is 1.